The molecule has 15 heavy (non-hydrogen) atoms. The number of nitriles is 1. The van der Waals surface area contributed by atoms with E-state index >= 15 is 0 Å². The Morgan fingerprint density at radius 3 is 2.53 bits per heavy atom. The van der Waals surface area contributed by atoms with E-state index in [1.165, 1.54) is 6.92 Å². The maximum Gasteiger partial charge on any atom is 0.161 e. The van der Waals surface area contributed by atoms with Crippen LogP contribution in [0.25, 0.3) is 0 Å². The van der Waals surface area contributed by atoms with Crippen molar-refractivity contribution in [3.8, 4) is 6.07 Å². The Morgan fingerprint density at radius 1 is 1.53 bits per heavy atom. The van der Waals surface area contributed by atoms with Crippen molar-refractivity contribution < 1.29 is 14.7 Å². The lowest BCUT2D eigenvalue weighted by molar-refractivity contribution is -0.126. The van der Waals surface area contributed by atoms with Crippen molar-refractivity contribution in [1.82, 2.24) is 0 Å². The van der Waals surface area contributed by atoms with E-state index in [9.17, 15) is 9.59 Å². The third-order valence-corrected chi connectivity index (χ3v) is 2.63. The highest BCUT2D eigenvalue weighted by atomic mass is 35.5. The number of carbonyl (C=O) groups excluding carboxylic acids is 2. The third-order valence-electron chi connectivity index (χ3n) is 2.15. The molecular formula is C10H14ClNO3. The first kappa shape index (κ1) is 14.1. The van der Waals surface area contributed by atoms with Crippen LogP contribution in [0, 0.1) is 17.2 Å². The van der Waals surface area contributed by atoms with Gasteiger partial charge in [-0.25, -0.2) is 0 Å². The Hall–Kier alpha value is -0.920. The minimum Gasteiger partial charge on any atom is -0.389 e. The molecule has 0 amide bonds. The van der Waals surface area contributed by atoms with Gasteiger partial charge in [0, 0.05) is 12.3 Å². The second-order valence-electron chi connectivity index (χ2n) is 3.33. The fraction of sp³-hybridized carbons (Fsp3) is 0.700. The van der Waals surface area contributed by atoms with Crippen molar-refractivity contribution in [3.05, 3.63) is 0 Å². The summed E-state index contributed by atoms with van der Waals surface area (Å²) in [6, 6.07) is 1.92. The lowest BCUT2D eigenvalue weighted by Crippen LogP contribution is -2.24. The van der Waals surface area contributed by atoms with Crippen LogP contribution in [0.5, 0.6) is 0 Å². The number of hydrogen-bond acceptors (Lipinski definition) is 4. The number of rotatable bonds is 7. The second-order valence-corrected chi connectivity index (χ2v) is 3.86. The van der Waals surface area contributed by atoms with Crippen molar-refractivity contribution in [3.63, 3.8) is 0 Å². The van der Waals surface area contributed by atoms with Crippen LogP contribution in [-0.2, 0) is 9.59 Å². The summed E-state index contributed by atoms with van der Waals surface area (Å²) in [6.07, 6.45) is 0.752. The normalized spacial score (nSPS) is 14.0. The molecule has 0 fully saturated rings. The standard InChI is InChI=1S/C10H14ClNO3/c1-7(14)9(11)5-8(3-2-4-12)10(15)6-13/h8-9,13H,2-3,5-6H2,1H3. The summed E-state index contributed by atoms with van der Waals surface area (Å²) in [5, 5.41) is 16.4. The van der Waals surface area contributed by atoms with Crippen molar-refractivity contribution in [2.24, 2.45) is 5.92 Å². The van der Waals surface area contributed by atoms with E-state index in [0.717, 1.165) is 0 Å². The summed E-state index contributed by atoms with van der Waals surface area (Å²) in [6.45, 7) is 0.778. The molecule has 0 rings (SSSR count). The molecule has 0 spiro atoms. The van der Waals surface area contributed by atoms with Crippen LogP contribution in [-0.4, -0.2) is 28.7 Å². The van der Waals surface area contributed by atoms with Crippen molar-refractivity contribution >= 4 is 23.2 Å². The van der Waals surface area contributed by atoms with Crippen molar-refractivity contribution in [1.29, 1.82) is 5.26 Å². The largest absolute Gasteiger partial charge is 0.389 e. The summed E-state index contributed by atoms with van der Waals surface area (Å²) in [7, 11) is 0. The van der Waals surface area contributed by atoms with Gasteiger partial charge in [0.2, 0.25) is 0 Å². The monoisotopic (exact) mass is 231 g/mol. The molecule has 0 aromatic rings. The summed E-state index contributed by atoms with van der Waals surface area (Å²) in [4.78, 5) is 22.1. The topological polar surface area (TPSA) is 78.2 Å². The highest BCUT2D eigenvalue weighted by Crippen LogP contribution is 2.18. The minimum atomic E-state index is -0.718. The van der Waals surface area contributed by atoms with Crippen LogP contribution in [0.4, 0.5) is 0 Å². The molecular weight excluding hydrogens is 218 g/mol. The van der Waals surface area contributed by atoms with Gasteiger partial charge in [0.1, 0.15) is 12.4 Å². The fourth-order valence-corrected chi connectivity index (χ4v) is 1.41. The number of aliphatic hydroxyl groups excluding tert-OH is 1. The zero-order valence-electron chi connectivity index (χ0n) is 8.57. The summed E-state index contributed by atoms with van der Waals surface area (Å²) >= 11 is 5.72. The molecule has 0 saturated heterocycles. The number of carbonyl (C=O) groups is 2. The third kappa shape index (κ3) is 5.50. The van der Waals surface area contributed by atoms with Gasteiger partial charge in [-0.05, 0) is 19.8 Å². The molecule has 4 nitrogen and oxygen atoms in total. The van der Waals surface area contributed by atoms with Gasteiger partial charge in [-0.1, -0.05) is 0 Å². The number of nitrogens with zero attached hydrogens (tertiary/aromatic N) is 1. The number of aliphatic hydroxyl groups is 1. The predicted molar refractivity (Wildman–Crippen MR) is 55.4 cm³/mol. The van der Waals surface area contributed by atoms with Gasteiger partial charge in [0.15, 0.2) is 5.78 Å². The molecule has 0 aromatic carbocycles. The first-order chi connectivity index (χ1) is 7.02. The van der Waals surface area contributed by atoms with E-state index < -0.39 is 17.9 Å². The molecule has 0 aliphatic carbocycles. The molecule has 2 unspecified atom stereocenters. The van der Waals surface area contributed by atoms with Crippen LogP contribution in [0.1, 0.15) is 26.2 Å². The molecule has 0 heterocycles. The lowest BCUT2D eigenvalue weighted by Gasteiger charge is -2.15. The molecule has 0 saturated carbocycles. The van der Waals surface area contributed by atoms with E-state index in [4.69, 9.17) is 22.0 Å². The van der Waals surface area contributed by atoms with E-state index in [1.54, 1.807) is 0 Å². The number of Topliss-reactive ketones (excluding diaryl/α,β-unsaturated/α-hetero) is 2. The lowest BCUT2D eigenvalue weighted by atomic mass is 9.92. The zero-order chi connectivity index (χ0) is 11.8. The molecule has 1 N–H and O–H groups in total. The average Bonchev–Trinajstić information content (AvgIpc) is 2.22. The number of ketones is 2. The SMILES string of the molecule is CC(=O)C(Cl)CC(CCC#N)C(=O)CO. The van der Waals surface area contributed by atoms with Gasteiger partial charge in [-0.2, -0.15) is 5.26 Å². The molecule has 0 aromatic heterocycles. The molecule has 0 aliphatic heterocycles. The van der Waals surface area contributed by atoms with Crippen LogP contribution in [0.2, 0.25) is 0 Å². The highest BCUT2D eigenvalue weighted by molar-refractivity contribution is 6.30. The van der Waals surface area contributed by atoms with Crippen LogP contribution in [0.15, 0.2) is 0 Å². The van der Waals surface area contributed by atoms with E-state index in [1.807, 2.05) is 6.07 Å². The smallest absolute Gasteiger partial charge is 0.161 e. The Balaban J connectivity index is 4.31. The van der Waals surface area contributed by atoms with Gasteiger partial charge in [0.25, 0.3) is 0 Å². The van der Waals surface area contributed by atoms with E-state index in [2.05, 4.69) is 0 Å². The van der Waals surface area contributed by atoms with Gasteiger partial charge in [0.05, 0.1) is 11.4 Å². The average molecular weight is 232 g/mol. The van der Waals surface area contributed by atoms with Gasteiger partial charge in [-0.3, -0.25) is 9.59 Å². The van der Waals surface area contributed by atoms with Crippen molar-refractivity contribution in [2.75, 3.05) is 6.61 Å². The quantitative estimate of drug-likeness (QED) is 0.665. The van der Waals surface area contributed by atoms with Gasteiger partial charge < -0.3 is 5.11 Å². The fourth-order valence-electron chi connectivity index (χ4n) is 1.19. The Morgan fingerprint density at radius 2 is 2.13 bits per heavy atom. The summed E-state index contributed by atoms with van der Waals surface area (Å²) in [5.41, 5.74) is 0. The predicted octanol–water partition coefficient (Wildman–Crippen LogP) is 1.05. The van der Waals surface area contributed by atoms with E-state index in [-0.39, 0.29) is 24.4 Å². The van der Waals surface area contributed by atoms with Crippen LogP contribution >= 0.6 is 11.6 Å². The number of hydrogen-bond donors (Lipinski definition) is 1. The first-order valence-electron chi connectivity index (χ1n) is 4.68. The van der Waals surface area contributed by atoms with Gasteiger partial charge in [-0.15, -0.1) is 11.6 Å². The van der Waals surface area contributed by atoms with Gasteiger partial charge >= 0.3 is 0 Å². The van der Waals surface area contributed by atoms with Crippen LogP contribution < -0.4 is 0 Å². The first-order valence-corrected chi connectivity index (χ1v) is 5.11. The number of halogens is 1. The molecule has 2 atom stereocenters. The number of alkyl halides is 1. The minimum absolute atomic E-state index is 0.192. The Bertz CT molecular complexity index is 272. The Labute approximate surface area is 93.8 Å². The molecule has 84 valence electrons. The Kier molecular flexibility index (Phi) is 6.93. The maximum atomic E-state index is 11.2. The highest BCUT2D eigenvalue weighted by Gasteiger charge is 2.23. The summed E-state index contributed by atoms with van der Waals surface area (Å²) in [5.74, 6) is -1.07. The molecule has 0 aliphatic rings. The molecule has 0 bridgehead atoms. The zero-order valence-corrected chi connectivity index (χ0v) is 9.33. The van der Waals surface area contributed by atoms with Crippen LogP contribution in [0.3, 0.4) is 0 Å². The maximum absolute atomic E-state index is 11.2. The summed E-state index contributed by atoms with van der Waals surface area (Å²) < 4.78 is 0. The second kappa shape index (κ2) is 7.38. The molecule has 5 heteroatoms. The van der Waals surface area contributed by atoms with E-state index in [0.29, 0.717) is 6.42 Å². The molecule has 0 radical (unpaired) electrons. The van der Waals surface area contributed by atoms with Crippen molar-refractivity contribution in [2.45, 2.75) is 31.6 Å².